The van der Waals surface area contributed by atoms with E-state index >= 15 is 0 Å². The van der Waals surface area contributed by atoms with Crippen molar-refractivity contribution >= 4 is 15.9 Å². The highest BCUT2D eigenvalue weighted by atomic mass is 79.9. The number of hydrogen-bond donors (Lipinski definition) is 1. The summed E-state index contributed by atoms with van der Waals surface area (Å²) >= 11 is 3.47. The first-order chi connectivity index (χ1) is 8.20. The molecule has 0 aliphatic heterocycles. The Bertz CT molecular complexity index is 498. The molecular weight excluding hydrogens is 282 g/mol. The summed E-state index contributed by atoms with van der Waals surface area (Å²) in [5.74, 6) is 1.27. The van der Waals surface area contributed by atoms with Crippen LogP contribution in [0, 0.1) is 0 Å². The maximum absolute atomic E-state index is 5.26. The molecule has 0 saturated heterocycles. The summed E-state index contributed by atoms with van der Waals surface area (Å²) in [5.41, 5.74) is 0.920. The van der Waals surface area contributed by atoms with Crippen LogP contribution in [0.15, 0.2) is 33.3 Å². The van der Waals surface area contributed by atoms with Gasteiger partial charge in [-0.25, -0.2) is 0 Å². The summed E-state index contributed by atoms with van der Waals surface area (Å²) in [6.07, 6.45) is 0.754. The Labute approximate surface area is 109 Å². The van der Waals surface area contributed by atoms with Gasteiger partial charge >= 0.3 is 0 Å². The van der Waals surface area contributed by atoms with E-state index in [0.29, 0.717) is 11.9 Å². The van der Waals surface area contributed by atoms with Gasteiger partial charge in [-0.3, -0.25) is 0 Å². The molecule has 2 rings (SSSR count). The van der Waals surface area contributed by atoms with Crippen LogP contribution in [0.2, 0.25) is 0 Å². The second-order valence-corrected chi connectivity index (χ2v) is 4.74. The van der Waals surface area contributed by atoms with E-state index in [2.05, 4.69) is 38.3 Å². The second-order valence-electron chi connectivity index (χ2n) is 3.89. The average molecular weight is 296 g/mol. The number of rotatable bonds is 4. The Hall–Kier alpha value is -1.20. The maximum atomic E-state index is 5.26. The Morgan fingerprint density at radius 3 is 2.88 bits per heavy atom. The minimum absolute atomic E-state index is 0.333. The Balaban J connectivity index is 2.21. The fourth-order valence-electron chi connectivity index (χ4n) is 1.46. The van der Waals surface area contributed by atoms with Crippen LogP contribution in [-0.2, 0) is 6.42 Å². The van der Waals surface area contributed by atoms with Crippen LogP contribution in [0.25, 0.3) is 11.5 Å². The lowest BCUT2D eigenvalue weighted by molar-refractivity contribution is 0.418. The highest BCUT2D eigenvalue weighted by molar-refractivity contribution is 9.10. The minimum Gasteiger partial charge on any atom is -0.334 e. The Morgan fingerprint density at radius 2 is 2.18 bits per heavy atom. The van der Waals surface area contributed by atoms with Gasteiger partial charge in [0.05, 0.1) is 5.56 Å². The topological polar surface area (TPSA) is 51.0 Å². The summed E-state index contributed by atoms with van der Waals surface area (Å²) in [7, 11) is 1.92. The number of aromatic nitrogens is 2. The smallest absolute Gasteiger partial charge is 0.259 e. The first-order valence-electron chi connectivity index (χ1n) is 5.45. The molecule has 1 unspecified atom stereocenters. The van der Waals surface area contributed by atoms with E-state index in [1.807, 2.05) is 31.3 Å². The standard InChI is InChI=1S/C12H14BrN3O/c1-8(14-2)7-11-15-12(17-16-11)9-5-3-4-6-10(9)13/h3-6,8,14H,7H2,1-2H3. The third kappa shape index (κ3) is 2.92. The predicted molar refractivity (Wildman–Crippen MR) is 69.7 cm³/mol. The number of likely N-dealkylation sites (N-methyl/N-ethyl adjacent to an activating group) is 1. The molecule has 0 bridgehead atoms. The van der Waals surface area contributed by atoms with Crippen LogP contribution in [0.1, 0.15) is 12.7 Å². The van der Waals surface area contributed by atoms with Crippen LogP contribution in [0.3, 0.4) is 0 Å². The minimum atomic E-state index is 0.333. The van der Waals surface area contributed by atoms with Crippen molar-refractivity contribution in [2.45, 2.75) is 19.4 Å². The van der Waals surface area contributed by atoms with E-state index in [1.165, 1.54) is 0 Å². The molecule has 0 saturated carbocycles. The average Bonchev–Trinajstić information content (AvgIpc) is 2.78. The third-order valence-electron chi connectivity index (χ3n) is 2.55. The van der Waals surface area contributed by atoms with E-state index in [9.17, 15) is 0 Å². The molecule has 17 heavy (non-hydrogen) atoms. The van der Waals surface area contributed by atoms with E-state index in [-0.39, 0.29) is 0 Å². The fraction of sp³-hybridized carbons (Fsp3) is 0.333. The van der Waals surface area contributed by atoms with Crippen LogP contribution < -0.4 is 5.32 Å². The lowest BCUT2D eigenvalue weighted by Crippen LogP contribution is -2.24. The van der Waals surface area contributed by atoms with Crippen molar-refractivity contribution in [1.29, 1.82) is 0 Å². The third-order valence-corrected chi connectivity index (χ3v) is 3.25. The van der Waals surface area contributed by atoms with Gasteiger partial charge in [0.1, 0.15) is 0 Å². The van der Waals surface area contributed by atoms with Gasteiger partial charge in [0.15, 0.2) is 5.82 Å². The molecule has 1 aromatic carbocycles. The molecule has 90 valence electrons. The SMILES string of the molecule is CNC(C)Cc1noc(-c2ccccc2Br)n1. The summed E-state index contributed by atoms with van der Waals surface area (Å²) in [5, 5.41) is 7.12. The zero-order valence-electron chi connectivity index (χ0n) is 9.77. The highest BCUT2D eigenvalue weighted by Crippen LogP contribution is 2.26. The second kappa shape index (κ2) is 5.42. The van der Waals surface area contributed by atoms with Gasteiger partial charge in [0.25, 0.3) is 5.89 Å². The highest BCUT2D eigenvalue weighted by Gasteiger charge is 2.12. The van der Waals surface area contributed by atoms with E-state index in [4.69, 9.17) is 4.52 Å². The van der Waals surface area contributed by atoms with Gasteiger partial charge in [-0.1, -0.05) is 17.3 Å². The lowest BCUT2D eigenvalue weighted by atomic mass is 10.2. The molecule has 1 heterocycles. The molecule has 0 fully saturated rings. The van der Waals surface area contributed by atoms with Gasteiger partial charge in [-0.2, -0.15) is 4.98 Å². The number of nitrogens with one attached hydrogen (secondary N) is 1. The van der Waals surface area contributed by atoms with Gasteiger partial charge in [-0.05, 0) is 42.0 Å². The molecule has 0 amide bonds. The van der Waals surface area contributed by atoms with Crippen molar-refractivity contribution in [3.8, 4) is 11.5 Å². The van der Waals surface area contributed by atoms with Crippen LogP contribution >= 0.6 is 15.9 Å². The zero-order chi connectivity index (χ0) is 12.3. The van der Waals surface area contributed by atoms with E-state index in [0.717, 1.165) is 22.3 Å². The van der Waals surface area contributed by atoms with Gasteiger partial charge < -0.3 is 9.84 Å². The van der Waals surface area contributed by atoms with E-state index in [1.54, 1.807) is 0 Å². The fourth-order valence-corrected chi connectivity index (χ4v) is 1.91. The molecule has 0 aliphatic rings. The molecule has 2 aromatic rings. The molecule has 4 nitrogen and oxygen atoms in total. The monoisotopic (exact) mass is 295 g/mol. The molecule has 5 heteroatoms. The van der Waals surface area contributed by atoms with Crippen molar-refractivity contribution in [3.05, 3.63) is 34.6 Å². The summed E-state index contributed by atoms with van der Waals surface area (Å²) < 4.78 is 6.21. The van der Waals surface area contributed by atoms with E-state index < -0.39 is 0 Å². The largest absolute Gasteiger partial charge is 0.334 e. The van der Waals surface area contributed by atoms with Gasteiger partial charge in [0.2, 0.25) is 0 Å². The molecule has 1 atom stereocenters. The molecule has 1 aromatic heterocycles. The van der Waals surface area contributed by atoms with Crippen LogP contribution in [-0.4, -0.2) is 23.2 Å². The molecule has 0 radical (unpaired) electrons. The van der Waals surface area contributed by atoms with Crippen molar-refractivity contribution in [2.75, 3.05) is 7.05 Å². The number of hydrogen-bond acceptors (Lipinski definition) is 4. The maximum Gasteiger partial charge on any atom is 0.259 e. The van der Waals surface area contributed by atoms with Crippen molar-refractivity contribution < 1.29 is 4.52 Å². The van der Waals surface area contributed by atoms with Crippen molar-refractivity contribution in [1.82, 2.24) is 15.5 Å². The zero-order valence-corrected chi connectivity index (χ0v) is 11.4. The molecule has 0 spiro atoms. The normalized spacial score (nSPS) is 12.6. The molecular formula is C12H14BrN3O. The molecule has 1 N–H and O–H groups in total. The first kappa shape index (κ1) is 12.3. The predicted octanol–water partition coefficient (Wildman–Crippen LogP) is 2.65. The number of halogens is 1. The Kier molecular flexibility index (Phi) is 3.91. The van der Waals surface area contributed by atoms with Gasteiger partial charge in [-0.15, -0.1) is 0 Å². The Morgan fingerprint density at radius 1 is 1.41 bits per heavy atom. The summed E-state index contributed by atoms with van der Waals surface area (Å²) in [4.78, 5) is 4.38. The van der Waals surface area contributed by atoms with Crippen molar-refractivity contribution in [2.24, 2.45) is 0 Å². The number of benzene rings is 1. The summed E-state index contributed by atoms with van der Waals surface area (Å²) in [6, 6.07) is 8.13. The molecule has 0 aliphatic carbocycles. The van der Waals surface area contributed by atoms with Crippen LogP contribution in [0.4, 0.5) is 0 Å². The van der Waals surface area contributed by atoms with Gasteiger partial charge in [0, 0.05) is 16.9 Å². The van der Waals surface area contributed by atoms with Crippen molar-refractivity contribution in [3.63, 3.8) is 0 Å². The number of nitrogens with zero attached hydrogens (tertiary/aromatic N) is 2. The lowest BCUT2D eigenvalue weighted by Gasteiger charge is -2.04. The van der Waals surface area contributed by atoms with Crippen LogP contribution in [0.5, 0.6) is 0 Å². The quantitative estimate of drug-likeness (QED) is 0.942. The first-order valence-corrected chi connectivity index (χ1v) is 6.24. The summed E-state index contributed by atoms with van der Waals surface area (Å²) in [6.45, 7) is 2.08.